The molecule has 1 aliphatic rings. The number of carbonyl (C=O) groups excluding carboxylic acids is 2. The molecule has 0 radical (unpaired) electrons. The third-order valence-electron chi connectivity index (χ3n) is 2.65. The van der Waals surface area contributed by atoms with Crippen LogP contribution in [0.1, 0.15) is 19.5 Å². The molecule has 2 rings (SSSR count). The van der Waals surface area contributed by atoms with Crippen LogP contribution in [0, 0.1) is 0 Å². The molecule has 0 unspecified atom stereocenters. The predicted molar refractivity (Wildman–Crippen MR) is 62.9 cm³/mol. The van der Waals surface area contributed by atoms with E-state index in [-0.39, 0.29) is 0 Å². The van der Waals surface area contributed by atoms with E-state index in [1.807, 2.05) is 29.9 Å². The highest BCUT2D eigenvalue weighted by Crippen LogP contribution is 2.27. The number of hydrogen-bond donors (Lipinski definition) is 0. The fraction of sp³-hybridized carbons (Fsp3) is 0.231. The molecular formula is C13H13NO3. The fourth-order valence-electron chi connectivity index (χ4n) is 1.78. The van der Waals surface area contributed by atoms with Gasteiger partial charge in [0.15, 0.2) is 0 Å². The van der Waals surface area contributed by atoms with Crippen molar-refractivity contribution in [3.05, 3.63) is 40.7 Å². The Hall–Kier alpha value is -2.10. The molecule has 1 aliphatic heterocycles. The van der Waals surface area contributed by atoms with Gasteiger partial charge in [0.2, 0.25) is 0 Å². The highest BCUT2D eigenvalue weighted by Gasteiger charge is 2.34. The van der Waals surface area contributed by atoms with Gasteiger partial charge in [0.25, 0.3) is 0 Å². The number of nitrogens with zero attached hydrogens (tertiary/aromatic N) is 1. The number of esters is 2. The van der Waals surface area contributed by atoms with Gasteiger partial charge < -0.3 is 9.30 Å². The van der Waals surface area contributed by atoms with E-state index < -0.39 is 11.9 Å². The van der Waals surface area contributed by atoms with Crippen LogP contribution in [0.25, 0.3) is 6.08 Å². The van der Waals surface area contributed by atoms with E-state index in [4.69, 9.17) is 0 Å². The molecule has 0 atom stereocenters. The second-order valence-electron chi connectivity index (χ2n) is 4.15. The van der Waals surface area contributed by atoms with Crippen LogP contribution in [0.15, 0.2) is 35.0 Å². The van der Waals surface area contributed by atoms with E-state index in [0.717, 1.165) is 11.3 Å². The largest absolute Gasteiger partial charge is 0.386 e. The second kappa shape index (κ2) is 4.05. The molecule has 0 aromatic carbocycles. The van der Waals surface area contributed by atoms with Crippen molar-refractivity contribution in [2.45, 2.75) is 13.8 Å². The van der Waals surface area contributed by atoms with Crippen LogP contribution in [0.3, 0.4) is 0 Å². The van der Waals surface area contributed by atoms with Crippen LogP contribution >= 0.6 is 0 Å². The quantitative estimate of drug-likeness (QED) is 0.421. The van der Waals surface area contributed by atoms with E-state index in [1.165, 1.54) is 0 Å². The summed E-state index contributed by atoms with van der Waals surface area (Å²) in [5.41, 5.74) is 2.33. The zero-order valence-electron chi connectivity index (χ0n) is 9.98. The maximum absolute atomic E-state index is 11.6. The number of cyclic esters (lactones) is 2. The highest BCUT2D eigenvalue weighted by molar-refractivity contribution is 6.20. The number of hydrogen-bond acceptors (Lipinski definition) is 3. The van der Waals surface area contributed by atoms with Gasteiger partial charge in [-0.05, 0) is 32.1 Å². The van der Waals surface area contributed by atoms with E-state index in [9.17, 15) is 9.59 Å². The Bertz CT molecular complexity index is 557. The first-order valence-electron chi connectivity index (χ1n) is 5.28. The van der Waals surface area contributed by atoms with E-state index in [2.05, 4.69) is 4.74 Å². The molecule has 4 heteroatoms. The monoisotopic (exact) mass is 231 g/mol. The number of aromatic nitrogens is 1. The summed E-state index contributed by atoms with van der Waals surface area (Å²) in [6.07, 6.45) is 3.55. The summed E-state index contributed by atoms with van der Waals surface area (Å²) in [4.78, 5) is 23.1. The van der Waals surface area contributed by atoms with Gasteiger partial charge in [0.05, 0.1) is 11.1 Å². The van der Waals surface area contributed by atoms with Gasteiger partial charge in [0, 0.05) is 18.9 Å². The molecule has 0 aliphatic carbocycles. The van der Waals surface area contributed by atoms with Crippen molar-refractivity contribution in [2.24, 2.45) is 7.05 Å². The molecule has 1 fully saturated rings. The topological polar surface area (TPSA) is 48.3 Å². The van der Waals surface area contributed by atoms with Gasteiger partial charge in [-0.3, -0.25) is 0 Å². The van der Waals surface area contributed by atoms with Crippen LogP contribution in [0.5, 0.6) is 0 Å². The molecule has 1 aromatic rings. The zero-order chi connectivity index (χ0) is 12.6. The Morgan fingerprint density at radius 2 is 2.00 bits per heavy atom. The highest BCUT2D eigenvalue weighted by atomic mass is 16.6. The van der Waals surface area contributed by atoms with Crippen LogP contribution in [0.4, 0.5) is 0 Å². The molecule has 2 heterocycles. The second-order valence-corrected chi connectivity index (χ2v) is 4.15. The van der Waals surface area contributed by atoms with Crippen molar-refractivity contribution in [3.63, 3.8) is 0 Å². The Morgan fingerprint density at radius 3 is 2.53 bits per heavy atom. The molecule has 0 spiro atoms. The molecule has 0 N–H and O–H groups in total. The lowest BCUT2D eigenvalue weighted by molar-refractivity contribution is -0.149. The molecule has 4 nitrogen and oxygen atoms in total. The first-order chi connectivity index (χ1) is 8.00. The van der Waals surface area contributed by atoms with Crippen LogP contribution in [0.2, 0.25) is 0 Å². The van der Waals surface area contributed by atoms with Crippen molar-refractivity contribution in [1.29, 1.82) is 0 Å². The summed E-state index contributed by atoms with van der Waals surface area (Å²) < 4.78 is 6.49. The van der Waals surface area contributed by atoms with Gasteiger partial charge >= 0.3 is 11.9 Å². The summed E-state index contributed by atoms with van der Waals surface area (Å²) in [5.74, 6) is -1.14. The minimum Gasteiger partial charge on any atom is -0.386 e. The van der Waals surface area contributed by atoms with Gasteiger partial charge in [-0.15, -0.1) is 0 Å². The standard InChI is InChI=1S/C13H13NO3/c1-8(2)11-10(12(15)17-13(11)16)7-9-5-4-6-14(9)3/h4-7H,1-3H3/b10-7-. The molecule has 17 heavy (non-hydrogen) atoms. The number of carbonyl (C=O) groups is 2. The molecule has 1 aromatic heterocycles. The first kappa shape index (κ1) is 11.4. The van der Waals surface area contributed by atoms with Crippen molar-refractivity contribution in [2.75, 3.05) is 0 Å². The number of aryl methyl sites for hydroxylation is 1. The minimum atomic E-state index is -0.576. The lowest BCUT2D eigenvalue weighted by atomic mass is 10.0. The average molecular weight is 231 g/mol. The van der Waals surface area contributed by atoms with Crippen molar-refractivity contribution in [3.8, 4) is 0 Å². The van der Waals surface area contributed by atoms with Gasteiger partial charge in [-0.25, -0.2) is 9.59 Å². The predicted octanol–water partition coefficient (Wildman–Crippen LogP) is 1.83. The third kappa shape index (κ3) is 1.93. The molecular weight excluding hydrogens is 218 g/mol. The number of allylic oxidation sites excluding steroid dienone is 1. The zero-order valence-corrected chi connectivity index (χ0v) is 9.98. The van der Waals surface area contributed by atoms with Crippen LogP contribution in [-0.4, -0.2) is 16.5 Å². The molecule has 1 saturated heterocycles. The van der Waals surface area contributed by atoms with Crippen LogP contribution in [-0.2, 0) is 21.4 Å². The maximum atomic E-state index is 11.6. The first-order valence-corrected chi connectivity index (χ1v) is 5.28. The number of ether oxygens (including phenoxy) is 1. The Morgan fingerprint density at radius 1 is 1.29 bits per heavy atom. The summed E-state index contributed by atoms with van der Waals surface area (Å²) in [7, 11) is 1.87. The average Bonchev–Trinajstić information content (AvgIpc) is 2.73. The smallest absolute Gasteiger partial charge is 0.346 e. The summed E-state index contributed by atoms with van der Waals surface area (Å²) in [6.45, 7) is 3.57. The normalized spacial score (nSPS) is 17.8. The van der Waals surface area contributed by atoms with Gasteiger partial charge in [-0.2, -0.15) is 0 Å². The third-order valence-corrected chi connectivity index (χ3v) is 2.65. The lowest BCUT2D eigenvalue weighted by Crippen LogP contribution is -1.97. The molecule has 0 amide bonds. The SMILES string of the molecule is CC(C)=C1C(=O)OC(=O)/C1=C\c1cccn1C. The van der Waals surface area contributed by atoms with E-state index in [1.54, 1.807) is 19.9 Å². The van der Waals surface area contributed by atoms with Crippen LogP contribution < -0.4 is 0 Å². The van der Waals surface area contributed by atoms with Gasteiger partial charge in [0.1, 0.15) is 0 Å². The van der Waals surface area contributed by atoms with E-state index in [0.29, 0.717) is 11.1 Å². The van der Waals surface area contributed by atoms with Crippen molar-refractivity contribution >= 4 is 18.0 Å². The summed E-state index contributed by atoms with van der Waals surface area (Å²) >= 11 is 0. The summed E-state index contributed by atoms with van der Waals surface area (Å²) in [6, 6.07) is 3.74. The Labute approximate surface area is 99.2 Å². The van der Waals surface area contributed by atoms with Crippen molar-refractivity contribution < 1.29 is 14.3 Å². The maximum Gasteiger partial charge on any atom is 0.346 e. The minimum absolute atomic E-state index is 0.330. The fourth-order valence-corrected chi connectivity index (χ4v) is 1.78. The van der Waals surface area contributed by atoms with Gasteiger partial charge in [-0.1, -0.05) is 5.57 Å². The molecule has 88 valence electrons. The number of rotatable bonds is 1. The van der Waals surface area contributed by atoms with Crippen molar-refractivity contribution in [1.82, 2.24) is 4.57 Å². The molecule has 0 saturated carbocycles. The lowest BCUT2D eigenvalue weighted by Gasteiger charge is -1.99. The van der Waals surface area contributed by atoms with E-state index >= 15 is 0 Å². The molecule has 0 bridgehead atoms. The Kier molecular flexibility index (Phi) is 2.71. The Balaban J connectivity index is 2.54. The summed E-state index contributed by atoms with van der Waals surface area (Å²) in [5, 5.41) is 0.